The summed E-state index contributed by atoms with van der Waals surface area (Å²) in [5.41, 5.74) is 1.71. The molecule has 0 aliphatic rings. The molecule has 25 heavy (non-hydrogen) atoms. The molecular weight excluding hydrogens is 320 g/mol. The molecule has 7 nitrogen and oxygen atoms in total. The van der Waals surface area contributed by atoms with Crippen LogP contribution in [-0.2, 0) is 0 Å². The molecule has 0 atom stereocenters. The van der Waals surface area contributed by atoms with Gasteiger partial charge in [0.1, 0.15) is 29.5 Å². The lowest BCUT2D eigenvalue weighted by Gasteiger charge is -2.07. The summed E-state index contributed by atoms with van der Waals surface area (Å²) in [5.74, 6) is 1.24. The predicted octanol–water partition coefficient (Wildman–Crippen LogP) is 2.29. The Kier molecular flexibility index (Phi) is 5.26. The Morgan fingerprint density at radius 3 is 2.64 bits per heavy atom. The number of hydrogen-bond donors (Lipinski definition) is 2. The predicted molar refractivity (Wildman–Crippen MR) is 92.6 cm³/mol. The van der Waals surface area contributed by atoms with Crippen LogP contribution in [0.25, 0.3) is 11.4 Å². The largest absolute Gasteiger partial charge is 0.497 e. The number of aromatic amines is 1. The Labute approximate surface area is 145 Å². The number of methoxy groups -OCH3 is 1. The zero-order chi connectivity index (χ0) is 17.5. The Morgan fingerprint density at radius 2 is 1.92 bits per heavy atom. The maximum absolute atomic E-state index is 12.1. The van der Waals surface area contributed by atoms with E-state index in [2.05, 4.69) is 20.5 Å². The van der Waals surface area contributed by atoms with Crippen LogP contribution in [0.3, 0.4) is 0 Å². The molecule has 3 rings (SSSR count). The lowest BCUT2D eigenvalue weighted by Crippen LogP contribution is -2.28. The zero-order valence-electron chi connectivity index (χ0n) is 13.7. The first-order valence-electron chi connectivity index (χ1n) is 7.78. The van der Waals surface area contributed by atoms with Gasteiger partial charge in [-0.3, -0.25) is 14.9 Å². The van der Waals surface area contributed by atoms with E-state index < -0.39 is 0 Å². The van der Waals surface area contributed by atoms with Gasteiger partial charge in [-0.15, -0.1) is 0 Å². The number of nitrogens with zero attached hydrogens (tertiary/aromatic N) is 2. The van der Waals surface area contributed by atoms with E-state index >= 15 is 0 Å². The highest BCUT2D eigenvalue weighted by Crippen LogP contribution is 2.17. The number of pyridine rings is 1. The minimum absolute atomic E-state index is 0.243. The average molecular weight is 338 g/mol. The molecule has 0 fully saturated rings. The molecule has 0 radical (unpaired) electrons. The van der Waals surface area contributed by atoms with Gasteiger partial charge in [-0.2, -0.15) is 5.10 Å². The fourth-order valence-corrected chi connectivity index (χ4v) is 2.18. The molecule has 7 heteroatoms. The van der Waals surface area contributed by atoms with E-state index in [0.29, 0.717) is 36.0 Å². The number of benzene rings is 1. The summed E-state index contributed by atoms with van der Waals surface area (Å²) in [7, 11) is 1.61. The zero-order valence-corrected chi connectivity index (χ0v) is 13.7. The number of H-pyrrole nitrogens is 1. The van der Waals surface area contributed by atoms with Crippen LogP contribution in [0.5, 0.6) is 11.5 Å². The number of amides is 1. The van der Waals surface area contributed by atoms with Gasteiger partial charge in [-0.05, 0) is 42.5 Å². The van der Waals surface area contributed by atoms with E-state index in [1.54, 1.807) is 19.4 Å². The maximum Gasteiger partial charge on any atom is 0.269 e. The standard InChI is InChI=1S/C18H18N4O3/c1-24-13-5-7-14(8-6-13)25-11-10-20-18(23)17-12-16(21-22-17)15-4-2-3-9-19-15/h2-9,12H,10-11H2,1H3,(H,20,23)(H,21,22). The molecule has 2 aromatic heterocycles. The summed E-state index contributed by atoms with van der Waals surface area (Å²) in [5, 5.41) is 9.60. The number of carbonyl (C=O) groups is 1. The van der Waals surface area contributed by atoms with Gasteiger partial charge in [0.15, 0.2) is 0 Å². The molecule has 0 saturated carbocycles. The Hall–Kier alpha value is -3.35. The first-order valence-corrected chi connectivity index (χ1v) is 7.78. The SMILES string of the molecule is COc1ccc(OCCNC(=O)c2cc(-c3ccccn3)n[nH]2)cc1. The topological polar surface area (TPSA) is 89.1 Å². The van der Waals surface area contributed by atoms with Gasteiger partial charge >= 0.3 is 0 Å². The van der Waals surface area contributed by atoms with Gasteiger partial charge in [-0.25, -0.2) is 0 Å². The second kappa shape index (κ2) is 7.96. The third-order valence-electron chi connectivity index (χ3n) is 3.47. The first kappa shape index (κ1) is 16.5. The van der Waals surface area contributed by atoms with Gasteiger partial charge in [0.25, 0.3) is 5.91 Å². The van der Waals surface area contributed by atoms with Gasteiger partial charge in [0.2, 0.25) is 0 Å². The summed E-state index contributed by atoms with van der Waals surface area (Å²) in [6, 6.07) is 14.5. The van der Waals surface area contributed by atoms with Crippen LogP contribution in [-0.4, -0.2) is 41.3 Å². The molecule has 1 amide bonds. The second-order valence-corrected chi connectivity index (χ2v) is 5.16. The lowest BCUT2D eigenvalue weighted by molar-refractivity contribution is 0.0942. The number of carbonyl (C=O) groups excluding carboxylic acids is 1. The van der Waals surface area contributed by atoms with Crippen LogP contribution in [0.2, 0.25) is 0 Å². The number of rotatable bonds is 7. The molecule has 0 unspecified atom stereocenters. The lowest BCUT2D eigenvalue weighted by atomic mass is 10.2. The monoisotopic (exact) mass is 338 g/mol. The molecule has 128 valence electrons. The van der Waals surface area contributed by atoms with Gasteiger partial charge in [0, 0.05) is 6.20 Å². The summed E-state index contributed by atoms with van der Waals surface area (Å²) >= 11 is 0. The van der Waals surface area contributed by atoms with Crippen molar-refractivity contribution in [2.24, 2.45) is 0 Å². The van der Waals surface area contributed by atoms with Crippen molar-refractivity contribution in [3.63, 3.8) is 0 Å². The third kappa shape index (κ3) is 4.35. The van der Waals surface area contributed by atoms with Crippen molar-refractivity contribution in [1.29, 1.82) is 0 Å². The average Bonchev–Trinajstić information content (AvgIpc) is 3.16. The molecule has 0 aliphatic carbocycles. The molecule has 0 spiro atoms. The van der Waals surface area contributed by atoms with Gasteiger partial charge in [-0.1, -0.05) is 6.07 Å². The van der Waals surface area contributed by atoms with Crippen molar-refractivity contribution in [2.75, 3.05) is 20.3 Å². The first-order chi connectivity index (χ1) is 12.3. The van der Waals surface area contributed by atoms with E-state index in [9.17, 15) is 4.79 Å². The van der Waals surface area contributed by atoms with E-state index in [-0.39, 0.29) is 5.91 Å². The summed E-state index contributed by atoms with van der Waals surface area (Å²) in [6.07, 6.45) is 1.68. The van der Waals surface area contributed by atoms with Gasteiger partial charge < -0.3 is 14.8 Å². The highest BCUT2D eigenvalue weighted by molar-refractivity contribution is 5.93. The van der Waals surface area contributed by atoms with Crippen molar-refractivity contribution < 1.29 is 14.3 Å². The summed E-state index contributed by atoms with van der Waals surface area (Å²) < 4.78 is 10.6. The third-order valence-corrected chi connectivity index (χ3v) is 3.47. The van der Waals surface area contributed by atoms with Crippen molar-refractivity contribution >= 4 is 5.91 Å². The highest BCUT2D eigenvalue weighted by Gasteiger charge is 2.11. The van der Waals surface area contributed by atoms with Crippen molar-refractivity contribution in [3.8, 4) is 22.9 Å². The Bertz CT molecular complexity index is 816. The fraction of sp³-hybridized carbons (Fsp3) is 0.167. The van der Waals surface area contributed by atoms with Crippen LogP contribution in [0, 0.1) is 0 Å². The van der Waals surface area contributed by atoms with E-state index in [1.165, 1.54) is 0 Å². The van der Waals surface area contributed by atoms with E-state index in [0.717, 1.165) is 5.75 Å². The van der Waals surface area contributed by atoms with Crippen molar-refractivity contribution in [1.82, 2.24) is 20.5 Å². The minimum Gasteiger partial charge on any atom is -0.497 e. The molecule has 0 saturated heterocycles. The number of hydrogen-bond acceptors (Lipinski definition) is 5. The van der Waals surface area contributed by atoms with Gasteiger partial charge in [0.05, 0.1) is 19.3 Å². The molecule has 2 heterocycles. The molecular formula is C18H18N4O3. The smallest absolute Gasteiger partial charge is 0.269 e. The minimum atomic E-state index is -0.243. The normalized spacial score (nSPS) is 10.3. The maximum atomic E-state index is 12.1. The van der Waals surface area contributed by atoms with Crippen LogP contribution in [0.1, 0.15) is 10.5 Å². The number of aromatic nitrogens is 3. The van der Waals surface area contributed by atoms with Crippen molar-refractivity contribution in [3.05, 3.63) is 60.4 Å². The molecule has 0 bridgehead atoms. The van der Waals surface area contributed by atoms with Crippen LogP contribution >= 0.6 is 0 Å². The quantitative estimate of drug-likeness (QED) is 0.645. The highest BCUT2D eigenvalue weighted by atomic mass is 16.5. The molecule has 1 aromatic carbocycles. The summed E-state index contributed by atoms with van der Waals surface area (Å²) in [4.78, 5) is 16.3. The summed E-state index contributed by atoms with van der Waals surface area (Å²) in [6.45, 7) is 0.738. The fourth-order valence-electron chi connectivity index (χ4n) is 2.18. The Balaban J connectivity index is 1.47. The molecule has 3 aromatic rings. The number of nitrogens with one attached hydrogen (secondary N) is 2. The van der Waals surface area contributed by atoms with E-state index in [1.807, 2.05) is 42.5 Å². The number of ether oxygens (including phenoxy) is 2. The van der Waals surface area contributed by atoms with Crippen LogP contribution in [0.15, 0.2) is 54.7 Å². The van der Waals surface area contributed by atoms with Crippen LogP contribution in [0.4, 0.5) is 0 Å². The molecule has 2 N–H and O–H groups in total. The second-order valence-electron chi connectivity index (χ2n) is 5.16. The Morgan fingerprint density at radius 1 is 1.12 bits per heavy atom. The van der Waals surface area contributed by atoms with E-state index in [4.69, 9.17) is 9.47 Å². The molecule has 0 aliphatic heterocycles. The van der Waals surface area contributed by atoms with Crippen LogP contribution < -0.4 is 14.8 Å². The van der Waals surface area contributed by atoms with Crippen molar-refractivity contribution in [2.45, 2.75) is 0 Å².